The predicted molar refractivity (Wildman–Crippen MR) is 140 cm³/mol. The third-order valence-electron chi connectivity index (χ3n) is 5.12. The van der Waals surface area contributed by atoms with Crippen LogP contribution in [0.15, 0.2) is 78.4 Å². The van der Waals surface area contributed by atoms with Crippen LogP contribution in [0.3, 0.4) is 0 Å². The Labute approximate surface area is 194 Å². The largest absolute Gasteiger partial charge is 0.341 e. The Bertz CT molecular complexity index is 1210. The van der Waals surface area contributed by atoms with Gasteiger partial charge < -0.3 is 5.32 Å². The van der Waals surface area contributed by atoms with Crippen LogP contribution >= 0.6 is 22.9 Å². The highest BCUT2D eigenvalue weighted by atomic mass is 35.5. The molecule has 1 N–H and O–H groups in total. The Kier molecular flexibility index (Phi) is 7.04. The number of allylic oxidation sites excluding steroid dienone is 4. The van der Waals surface area contributed by atoms with E-state index in [-0.39, 0.29) is 0 Å². The molecule has 160 valence electrons. The number of benzene rings is 1. The lowest BCUT2D eigenvalue weighted by molar-refractivity contribution is 1.16. The number of hydrogen-bond donors (Lipinski definition) is 1. The summed E-state index contributed by atoms with van der Waals surface area (Å²) >= 11 is 8.12. The molecule has 1 aliphatic rings. The molecule has 0 aliphatic carbocycles. The van der Waals surface area contributed by atoms with Gasteiger partial charge in [-0.2, -0.15) is 0 Å². The Hall–Kier alpha value is -2.82. The molecule has 3 heterocycles. The third-order valence-corrected chi connectivity index (χ3v) is 6.51. The monoisotopic (exact) mass is 449 g/mol. The highest BCUT2D eigenvalue weighted by Crippen LogP contribution is 2.46. The number of hydrogen-bond acceptors (Lipinski definition) is 4. The zero-order valence-corrected chi connectivity index (χ0v) is 20.3. The number of aromatic nitrogens is 1. The summed E-state index contributed by atoms with van der Waals surface area (Å²) in [6.45, 7) is 18.7. The minimum Gasteiger partial charge on any atom is -0.341 e. The lowest BCUT2D eigenvalue weighted by Crippen LogP contribution is -2.28. The average Bonchev–Trinajstić information content (AvgIpc) is 3.18. The predicted octanol–water partition coefficient (Wildman–Crippen LogP) is 8.63. The molecule has 3 aromatic rings. The summed E-state index contributed by atoms with van der Waals surface area (Å²) in [5.74, 6) is 0.751. The van der Waals surface area contributed by atoms with Crippen molar-refractivity contribution < 1.29 is 0 Å². The second kappa shape index (κ2) is 9.54. The van der Waals surface area contributed by atoms with Gasteiger partial charge in [-0.15, -0.1) is 11.3 Å². The molecule has 2 aromatic heterocycles. The van der Waals surface area contributed by atoms with Gasteiger partial charge in [-0.05, 0) is 32.4 Å². The van der Waals surface area contributed by atoms with Gasteiger partial charge in [-0.25, -0.2) is 0 Å². The fourth-order valence-corrected chi connectivity index (χ4v) is 5.20. The van der Waals surface area contributed by atoms with Crippen molar-refractivity contribution in [3.8, 4) is 0 Å². The summed E-state index contributed by atoms with van der Waals surface area (Å²) in [7, 11) is 0. The van der Waals surface area contributed by atoms with Crippen LogP contribution in [0, 0.1) is 0 Å². The van der Waals surface area contributed by atoms with Crippen LogP contribution in [0.2, 0.25) is 0 Å². The molecule has 0 radical (unpaired) electrons. The van der Waals surface area contributed by atoms with Gasteiger partial charge in [0.25, 0.3) is 0 Å². The molecule has 0 unspecified atom stereocenters. The smallest absolute Gasteiger partial charge is 0.108 e. The second-order valence-corrected chi connectivity index (χ2v) is 8.59. The van der Waals surface area contributed by atoms with Crippen LogP contribution in [-0.2, 0) is 0 Å². The normalized spacial score (nSPS) is 14.5. The van der Waals surface area contributed by atoms with E-state index in [0.717, 1.165) is 59.6 Å². The zero-order chi connectivity index (χ0) is 22.7. The Balaban J connectivity index is 0.00000132. The first-order valence-electron chi connectivity index (χ1n) is 10.3. The maximum absolute atomic E-state index is 6.44. The molecule has 0 bridgehead atoms. The van der Waals surface area contributed by atoms with E-state index < -0.39 is 0 Å². The topological polar surface area (TPSA) is 28.2 Å². The lowest BCUT2D eigenvalue weighted by atomic mass is 10.1. The first-order chi connectivity index (χ1) is 14.9. The molecular formula is C26H28ClN3S. The molecule has 0 spiro atoms. The van der Waals surface area contributed by atoms with Crippen molar-refractivity contribution in [1.29, 1.82) is 0 Å². The summed E-state index contributed by atoms with van der Waals surface area (Å²) in [5, 5.41) is 6.40. The van der Waals surface area contributed by atoms with E-state index in [1.165, 1.54) is 0 Å². The fraction of sp³-hybridized carbons (Fsp3) is 0.192. The van der Waals surface area contributed by atoms with Crippen molar-refractivity contribution in [3.63, 3.8) is 0 Å². The molecule has 3 nitrogen and oxygen atoms in total. The van der Waals surface area contributed by atoms with Crippen LogP contribution < -0.4 is 10.2 Å². The molecule has 0 fully saturated rings. The fourth-order valence-electron chi connectivity index (χ4n) is 3.65. The van der Waals surface area contributed by atoms with Gasteiger partial charge >= 0.3 is 0 Å². The molecule has 5 heteroatoms. The number of nitrogens with one attached hydrogen (secondary N) is 1. The average molecular weight is 450 g/mol. The van der Waals surface area contributed by atoms with Crippen LogP contribution in [0.4, 0.5) is 11.4 Å². The Morgan fingerprint density at radius 3 is 2.55 bits per heavy atom. The number of nitrogens with zero attached hydrogens (tertiary/aromatic N) is 2. The number of thiophene rings is 1. The van der Waals surface area contributed by atoms with Crippen LogP contribution in [0.1, 0.15) is 44.4 Å². The van der Waals surface area contributed by atoms with Crippen molar-refractivity contribution >= 4 is 56.4 Å². The standard InChI is InChI=1S/C24H22ClN3S.C2H6/c1-6-14(2)23(15(3)25)22-11-20-24(29-22)16(4)28(17(5)27-20)21-13-26-12-18-9-7-8-10-19(18)21;1-2/h6-13,27H,4-5H2,1-3H3;1-2H3/b14-6-,23-15-;. The Morgan fingerprint density at radius 1 is 1.16 bits per heavy atom. The maximum atomic E-state index is 6.44. The maximum Gasteiger partial charge on any atom is 0.108 e. The zero-order valence-electron chi connectivity index (χ0n) is 18.7. The third kappa shape index (κ3) is 4.18. The van der Waals surface area contributed by atoms with Crippen molar-refractivity contribution in [2.24, 2.45) is 0 Å². The number of fused-ring (bicyclic) bond motifs is 2. The Morgan fingerprint density at radius 2 is 1.87 bits per heavy atom. The number of rotatable bonds is 3. The summed E-state index contributed by atoms with van der Waals surface area (Å²) in [6, 6.07) is 10.3. The lowest BCUT2D eigenvalue weighted by Gasteiger charge is -2.33. The van der Waals surface area contributed by atoms with E-state index in [9.17, 15) is 0 Å². The second-order valence-electron chi connectivity index (χ2n) is 6.97. The van der Waals surface area contributed by atoms with E-state index in [2.05, 4.69) is 54.7 Å². The molecule has 1 aliphatic heterocycles. The van der Waals surface area contributed by atoms with Crippen molar-refractivity contribution in [3.05, 3.63) is 88.1 Å². The van der Waals surface area contributed by atoms with Gasteiger partial charge in [0.05, 0.1) is 28.1 Å². The highest BCUT2D eigenvalue weighted by Gasteiger charge is 2.28. The van der Waals surface area contributed by atoms with E-state index in [1.54, 1.807) is 11.3 Å². The van der Waals surface area contributed by atoms with E-state index in [4.69, 9.17) is 11.6 Å². The van der Waals surface area contributed by atoms with E-state index >= 15 is 0 Å². The molecular weight excluding hydrogens is 422 g/mol. The SMILES string of the molecule is C=C1Nc2cc(C(/C(C)=C\C)=C(/C)Cl)sc2C(=C)N1c1cncc2ccccc12.CC. The van der Waals surface area contributed by atoms with Gasteiger partial charge in [0.1, 0.15) is 5.82 Å². The van der Waals surface area contributed by atoms with Gasteiger partial charge in [0.2, 0.25) is 0 Å². The molecule has 0 saturated heterocycles. The van der Waals surface area contributed by atoms with Crippen molar-refractivity contribution in [2.45, 2.75) is 34.6 Å². The minimum absolute atomic E-state index is 0.751. The summed E-state index contributed by atoms with van der Waals surface area (Å²) in [4.78, 5) is 8.64. The first-order valence-corrected chi connectivity index (χ1v) is 11.5. The van der Waals surface area contributed by atoms with Crippen LogP contribution in [0.5, 0.6) is 0 Å². The van der Waals surface area contributed by atoms with Crippen molar-refractivity contribution in [1.82, 2.24) is 4.98 Å². The van der Waals surface area contributed by atoms with Crippen LogP contribution in [-0.4, -0.2) is 4.98 Å². The summed E-state index contributed by atoms with van der Waals surface area (Å²) in [6.07, 6.45) is 5.81. The summed E-state index contributed by atoms with van der Waals surface area (Å²) in [5.41, 5.74) is 5.05. The molecule has 31 heavy (non-hydrogen) atoms. The molecule has 0 atom stereocenters. The number of halogens is 1. The summed E-state index contributed by atoms with van der Waals surface area (Å²) < 4.78 is 0. The highest BCUT2D eigenvalue weighted by molar-refractivity contribution is 7.15. The van der Waals surface area contributed by atoms with Crippen molar-refractivity contribution in [2.75, 3.05) is 10.2 Å². The number of pyridine rings is 1. The van der Waals surface area contributed by atoms with E-state index in [0.29, 0.717) is 0 Å². The minimum atomic E-state index is 0.751. The molecule has 0 amide bonds. The molecule has 1 aromatic carbocycles. The molecule has 0 saturated carbocycles. The van der Waals surface area contributed by atoms with Gasteiger partial charge in [-0.3, -0.25) is 9.88 Å². The van der Waals surface area contributed by atoms with E-state index in [1.807, 2.05) is 57.1 Å². The van der Waals surface area contributed by atoms with Gasteiger partial charge in [0.15, 0.2) is 0 Å². The molecule has 4 rings (SSSR count). The quantitative estimate of drug-likeness (QED) is 0.405. The first kappa shape index (κ1) is 22.9. The van der Waals surface area contributed by atoms with Gasteiger partial charge in [-0.1, -0.05) is 68.9 Å². The van der Waals surface area contributed by atoms with Gasteiger partial charge in [0, 0.05) is 32.5 Å². The number of anilines is 2. The van der Waals surface area contributed by atoms with Crippen LogP contribution in [0.25, 0.3) is 22.0 Å².